The van der Waals surface area contributed by atoms with E-state index in [2.05, 4.69) is 10.3 Å². The van der Waals surface area contributed by atoms with Gasteiger partial charge in [0, 0.05) is 34.5 Å². The molecule has 0 aliphatic rings. The molecule has 146 valence electrons. The molecule has 4 rings (SSSR count). The predicted octanol–water partition coefficient (Wildman–Crippen LogP) is 7.05. The molecule has 0 saturated heterocycles. The molecule has 0 aliphatic carbocycles. The van der Waals surface area contributed by atoms with Crippen molar-refractivity contribution in [3.05, 3.63) is 95.5 Å². The zero-order valence-corrected chi connectivity index (χ0v) is 16.4. The lowest BCUT2D eigenvalue weighted by Crippen LogP contribution is -2.08. The van der Waals surface area contributed by atoms with Crippen LogP contribution in [-0.2, 0) is 0 Å². The number of halogens is 2. The third-order valence-corrected chi connectivity index (χ3v) is 5.21. The van der Waals surface area contributed by atoms with Gasteiger partial charge in [0.1, 0.15) is 28.1 Å². The molecule has 0 radical (unpaired) electrons. The molecule has 1 aromatic heterocycles. The Balaban J connectivity index is 1.59. The number of anilines is 1. The van der Waals surface area contributed by atoms with Gasteiger partial charge in [-0.2, -0.15) is 0 Å². The lowest BCUT2D eigenvalue weighted by atomic mass is 10.1. The Hall–Kier alpha value is -3.25. The van der Waals surface area contributed by atoms with Crippen LogP contribution in [-0.4, -0.2) is 4.98 Å². The van der Waals surface area contributed by atoms with E-state index in [4.69, 9.17) is 4.74 Å². The van der Waals surface area contributed by atoms with E-state index < -0.39 is 5.82 Å². The molecule has 6 heteroatoms. The Bertz CT molecular complexity index is 1120. The number of nitrogens with one attached hydrogen (secondary N) is 1. The summed E-state index contributed by atoms with van der Waals surface area (Å²) in [5.74, 6) is 0.0667. The summed E-state index contributed by atoms with van der Waals surface area (Å²) in [6.07, 6.45) is 1.77. The van der Waals surface area contributed by atoms with Gasteiger partial charge < -0.3 is 10.1 Å². The van der Waals surface area contributed by atoms with Crippen LogP contribution in [0, 0.1) is 11.6 Å². The average molecular weight is 408 g/mol. The minimum atomic E-state index is -0.392. The first-order chi connectivity index (χ1) is 14.1. The number of aromatic nitrogens is 1. The highest BCUT2D eigenvalue weighted by molar-refractivity contribution is 7.13. The van der Waals surface area contributed by atoms with Crippen molar-refractivity contribution in [3.63, 3.8) is 0 Å². The Kier molecular flexibility index (Phi) is 5.53. The van der Waals surface area contributed by atoms with Crippen molar-refractivity contribution in [2.24, 2.45) is 0 Å². The van der Waals surface area contributed by atoms with Gasteiger partial charge in [0.25, 0.3) is 0 Å². The molecule has 0 spiro atoms. The van der Waals surface area contributed by atoms with Crippen molar-refractivity contribution in [1.29, 1.82) is 0 Å². The number of ether oxygens (including phenoxy) is 1. The Morgan fingerprint density at radius 2 is 1.79 bits per heavy atom. The van der Waals surface area contributed by atoms with Gasteiger partial charge in [-0.25, -0.2) is 13.8 Å². The quantitative estimate of drug-likeness (QED) is 0.371. The van der Waals surface area contributed by atoms with Crippen LogP contribution in [0.3, 0.4) is 0 Å². The first kappa shape index (κ1) is 19.1. The highest BCUT2D eigenvalue weighted by atomic mass is 32.1. The summed E-state index contributed by atoms with van der Waals surface area (Å²) in [4.78, 5) is 4.34. The lowest BCUT2D eigenvalue weighted by molar-refractivity contribution is 0.466. The van der Waals surface area contributed by atoms with E-state index in [-0.39, 0.29) is 11.9 Å². The fourth-order valence-electron chi connectivity index (χ4n) is 3.04. The molecule has 0 bridgehead atoms. The molecule has 0 fully saturated rings. The van der Waals surface area contributed by atoms with E-state index in [0.29, 0.717) is 17.1 Å². The maximum absolute atomic E-state index is 13.9. The molecule has 3 aromatic carbocycles. The van der Waals surface area contributed by atoms with Crippen LogP contribution in [0.25, 0.3) is 10.6 Å². The Morgan fingerprint density at radius 1 is 0.966 bits per heavy atom. The molecular weight excluding hydrogens is 390 g/mol. The van der Waals surface area contributed by atoms with E-state index in [1.807, 2.05) is 36.6 Å². The molecule has 1 unspecified atom stereocenters. The smallest absolute Gasteiger partial charge is 0.132 e. The van der Waals surface area contributed by atoms with Crippen LogP contribution in [0.5, 0.6) is 11.5 Å². The number of hydrogen-bond acceptors (Lipinski definition) is 4. The first-order valence-corrected chi connectivity index (χ1v) is 9.96. The van der Waals surface area contributed by atoms with Crippen LogP contribution in [0.1, 0.15) is 18.5 Å². The summed E-state index contributed by atoms with van der Waals surface area (Å²) in [6.45, 7) is 1.92. The number of rotatable bonds is 6. The van der Waals surface area contributed by atoms with Gasteiger partial charge in [0.15, 0.2) is 0 Å². The van der Waals surface area contributed by atoms with E-state index >= 15 is 0 Å². The number of hydrogen-bond donors (Lipinski definition) is 1. The number of nitrogens with zero attached hydrogens (tertiary/aromatic N) is 1. The molecule has 0 saturated carbocycles. The van der Waals surface area contributed by atoms with Gasteiger partial charge in [0.2, 0.25) is 0 Å². The van der Waals surface area contributed by atoms with Crippen molar-refractivity contribution >= 4 is 17.0 Å². The van der Waals surface area contributed by atoms with E-state index in [1.165, 1.54) is 24.3 Å². The highest BCUT2D eigenvalue weighted by Crippen LogP contribution is 2.33. The van der Waals surface area contributed by atoms with E-state index in [9.17, 15) is 8.78 Å². The van der Waals surface area contributed by atoms with Gasteiger partial charge >= 0.3 is 0 Å². The monoisotopic (exact) mass is 408 g/mol. The minimum absolute atomic E-state index is 0.249. The Morgan fingerprint density at radius 3 is 2.59 bits per heavy atom. The Labute approximate surface area is 171 Å². The third-order valence-electron chi connectivity index (χ3n) is 4.39. The normalized spacial score (nSPS) is 11.8. The molecule has 1 atom stereocenters. The van der Waals surface area contributed by atoms with Crippen molar-refractivity contribution in [2.45, 2.75) is 13.0 Å². The van der Waals surface area contributed by atoms with Crippen molar-refractivity contribution in [1.82, 2.24) is 4.98 Å². The predicted molar refractivity (Wildman–Crippen MR) is 112 cm³/mol. The van der Waals surface area contributed by atoms with Gasteiger partial charge in [-0.15, -0.1) is 11.3 Å². The molecular formula is C23H18F2N2OS. The number of thiazole rings is 1. The van der Waals surface area contributed by atoms with E-state index in [0.717, 1.165) is 16.3 Å². The van der Waals surface area contributed by atoms with Crippen molar-refractivity contribution < 1.29 is 13.5 Å². The van der Waals surface area contributed by atoms with Crippen LogP contribution in [0.15, 0.2) is 78.3 Å². The van der Waals surface area contributed by atoms with Gasteiger partial charge in [-0.1, -0.05) is 18.2 Å². The van der Waals surface area contributed by atoms with E-state index in [1.54, 1.807) is 35.7 Å². The standard InChI is InChI=1S/C23H18F2N2OS/c1-15(27-19-6-2-4-16(12-19)23-26-10-11-29-23)21-14-18(25)8-9-22(21)28-20-7-3-5-17(24)13-20/h2-15,27H,1H3. The topological polar surface area (TPSA) is 34.2 Å². The molecule has 1 N–H and O–H groups in total. The summed E-state index contributed by atoms with van der Waals surface area (Å²) in [5, 5.41) is 6.25. The van der Waals surface area contributed by atoms with Crippen LogP contribution in [0.4, 0.5) is 14.5 Å². The van der Waals surface area contributed by atoms with Crippen LogP contribution in [0.2, 0.25) is 0 Å². The second kappa shape index (κ2) is 8.41. The zero-order chi connectivity index (χ0) is 20.2. The zero-order valence-electron chi connectivity index (χ0n) is 15.6. The first-order valence-electron chi connectivity index (χ1n) is 9.08. The van der Waals surface area contributed by atoms with Crippen molar-refractivity contribution in [3.8, 4) is 22.1 Å². The van der Waals surface area contributed by atoms with Gasteiger partial charge in [-0.3, -0.25) is 0 Å². The molecule has 0 aliphatic heterocycles. The molecule has 4 aromatic rings. The molecule has 3 nitrogen and oxygen atoms in total. The maximum Gasteiger partial charge on any atom is 0.132 e. The summed E-state index contributed by atoms with van der Waals surface area (Å²) < 4.78 is 33.3. The fraction of sp³-hybridized carbons (Fsp3) is 0.0870. The second-order valence-electron chi connectivity index (χ2n) is 6.53. The second-order valence-corrected chi connectivity index (χ2v) is 7.42. The average Bonchev–Trinajstić information content (AvgIpc) is 3.24. The number of benzene rings is 3. The summed E-state index contributed by atoms with van der Waals surface area (Å²) in [5.41, 5.74) is 2.52. The molecule has 1 heterocycles. The van der Waals surface area contributed by atoms with Crippen LogP contribution >= 0.6 is 11.3 Å². The fourth-order valence-corrected chi connectivity index (χ4v) is 3.68. The van der Waals surface area contributed by atoms with Crippen molar-refractivity contribution in [2.75, 3.05) is 5.32 Å². The highest BCUT2D eigenvalue weighted by Gasteiger charge is 2.15. The van der Waals surface area contributed by atoms with Gasteiger partial charge in [0.05, 0.1) is 6.04 Å². The maximum atomic E-state index is 13.9. The minimum Gasteiger partial charge on any atom is -0.457 e. The SMILES string of the molecule is CC(Nc1cccc(-c2nccs2)c1)c1cc(F)ccc1Oc1cccc(F)c1. The molecule has 29 heavy (non-hydrogen) atoms. The third kappa shape index (κ3) is 4.60. The summed E-state index contributed by atoms with van der Waals surface area (Å²) >= 11 is 1.57. The van der Waals surface area contributed by atoms with Crippen LogP contribution < -0.4 is 10.1 Å². The molecule has 0 amide bonds. The largest absolute Gasteiger partial charge is 0.457 e. The summed E-state index contributed by atoms with van der Waals surface area (Å²) in [6, 6.07) is 17.8. The van der Waals surface area contributed by atoms with Gasteiger partial charge in [-0.05, 0) is 49.4 Å². The summed E-state index contributed by atoms with van der Waals surface area (Å²) in [7, 11) is 0. The lowest BCUT2D eigenvalue weighted by Gasteiger charge is -2.20.